The normalized spacial score (nSPS) is 11.9. The molecule has 2 aromatic rings. The molecule has 0 aliphatic heterocycles. The molecule has 0 spiro atoms. The Morgan fingerprint density at radius 3 is 2.23 bits per heavy atom. The van der Waals surface area contributed by atoms with E-state index in [1.165, 1.54) is 6.08 Å². The van der Waals surface area contributed by atoms with Crippen LogP contribution >= 0.6 is 23.2 Å². The molecule has 6 heteroatoms. The van der Waals surface area contributed by atoms with Crippen molar-refractivity contribution in [2.75, 3.05) is 0 Å². The molecule has 0 unspecified atom stereocenters. The fourth-order valence-corrected chi connectivity index (χ4v) is 2.94. The van der Waals surface area contributed by atoms with Crippen LogP contribution in [0.2, 0.25) is 10.0 Å². The molecule has 0 aromatic heterocycles. The molecule has 134 valence electrons. The second kappa shape index (κ2) is 9.22. The van der Waals surface area contributed by atoms with Crippen LogP contribution in [0, 0.1) is 0 Å². The van der Waals surface area contributed by atoms with Crippen molar-refractivity contribution >= 4 is 35.1 Å². The first-order chi connectivity index (χ1) is 12.4. The summed E-state index contributed by atoms with van der Waals surface area (Å²) in [6.45, 7) is 3.40. The molecule has 2 N–H and O–H groups in total. The van der Waals surface area contributed by atoms with Gasteiger partial charge in [0.05, 0.1) is 6.04 Å². The smallest absolute Gasteiger partial charge is 0.328 e. The molecule has 4 nitrogen and oxygen atoms in total. The molecule has 2 rings (SSSR count). The third-order valence-electron chi connectivity index (χ3n) is 3.59. The second-order valence-electron chi connectivity index (χ2n) is 5.58. The zero-order valence-corrected chi connectivity index (χ0v) is 15.3. The molecule has 0 bridgehead atoms. The number of aliphatic carboxylic acids is 1. The van der Waals surface area contributed by atoms with Gasteiger partial charge in [-0.2, -0.15) is 0 Å². The first kappa shape index (κ1) is 19.8. The average Bonchev–Trinajstić information content (AvgIpc) is 2.59. The van der Waals surface area contributed by atoms with Crippen LogP contribution in [0.25, 0.3) is 11.1 Å². The summed E-state index contributed by atoms with van der Waals surface area (Å²) in [5, 5.41) is 12.6. The van der Waals surface area contributed by atoms with Crippen molar-refractivity contribution in [2.45, 2.75) is 12.5 Å². The number of halogens is 2. The van der Waals surface area contributed by atoms with Crippen LogP contribution in [0.1, 0.15) is 5.56 Å². The zero-order chi connectivity index (χ0) is 19.1. The van der Waals surface area contributed by atoms with Gasteiger partial charge in [-0.05, 0) is 47.4 Å². The maximum absolute atomic E-state index is 11.5. The maximum atomic E-state index is 11.5. The molecule has 2 aromatic carbocycles. The summed E-state index contributed by atoms with van der Waals surface area (Å²) in [7, 11) is 0. The lowest BCUT2D eigenvalue weighted by atomic mass is 10.0. The zero-order valence-electron chi connectivity index (χ0n) is 13.8. The summed E-state index contributed by atoms with van der Waals surface area (Å²) >= 11 is 12.1. The van der Waals surface area contributed by atoms with Gasteiger partial charge in [0.1, 0.15) is 0 Å². The van der Waals surface area contributed by atoms with Crippen LogP contribution in [0.3, 0.4) is 0 Å². The van der Waals surface area contributed by atoms with Crippen LogP contribution in [0.4, 0.5) is 0 Å². The van der Waals surface area contributed by atoms with Crippen molar-refractivity contribution in [1.29, 1.82) is 0 Å². The largest absolute Gasteiger partial charge is 0.478 e. The molecule has 0 aliphatic carbocycles. The first-order valence-corrected chi connectivity index (χ1v) is 8.52. The minimum atomic E-state index is -1.07. The Morgan fingerprint density at radius 2 is 1.69 bits per heavy atom. The number of amides is 1. The molecule has 0 saturated heterocycles. The SMILES string of the molecule is C=CC(=O)N[C@H](/C=C/C(=O)O)Cc1ccc(-c2cc(Cl)cc(Cl)c2)cc1. The second-order valence-corrected chi connectivity index (χ2v) is 6.45. The highest BCUT2D eigenvalue weighted by atomic mass is 35.5. The lowest BCUT2D eigenvalue weighted by Crippen LogP contribution is -2.33. The van der Waals surface area contributed by atoms with Crippen molar-refractivity contribution < 1.29 is 14.7 Å². The summed E-state index contributed by atoms with van der Waals surface area (Å²) in [4.78, 5) is 22.3. The van der Waals surface area contributed by atoms with Crippen molar-refractivity contribution in [3.05, 3.63) is 82.9 Å². The van der Waals surface area contributed by atoms with Gasteiger partial charge in [0.25, 0.3) is 0 Å². The Kier molecular flexibility index (Phi) is 7.01. The molecule has 0 saturated carbocycles. The summed E-state index contributed by atoms with van der Waals surface area (Å²) in [5.41, 5.74) is 2.79. The van der Waals surface area contributed by atoms with Gasteiger partial charge in [-0.3, -0.25) is 4.79 Å². The van der Waals surface area contributed by atoms with E-state index >= 15 is 0 Å². The Morgan fingerprint density at radius 1 is 1.08 bits per heavy atom. The summed E-state index contributed by atoms with van der Waals surface area (Å²) in [6.07, 6.45) is 4.04. The van der Waals surface area contributed by atoms with Crippen LogP contribution < -0.4 is 5.32 Å². The monoisotopic (exact) mass is 389 g/mol. The molecule has 1 atom stereocenters. The topological polar surface area (TPSA) is 66.4 Å². The van der Waals surface area contributed by atoms with Gasteiger partial charge in [0.2, 0.25) is 5.91 Å². The van der Waals surface area contributed by atoms with Crippen LogP contribution in [-0.2, 0) is 16.0 Å². The first-order valence-electron chi connectivity index (χ1n) is 7.77. The number of carboxylic acid groups (broad SMARTS) is 1. The van der Waals surface area contributed by atoms with Gasteiger partial charge in [-0.15, -0.1) is 0 Å². The average molecular weight is 390 g/mol. The maximum Gasteiger partial charge on any atom is 0.328 e. The van der Waals surface area contributed by atoms with Gasteiger partial charge in [0, 0.05) is 16.1 Å². The van der Waals surface area contributed by atoms with Crippen LogP contribution in [-0.4, -0.2) is 23.0 Å². The van der Waals surface area contributed by atoms with Gasteiger partial charge >= 0.3 is 5.97 Å². The molecule has 0 heterocycles. The Balaban J connectivity index is 2.17. The predicted octanol–water partition coefficient (Wildman–Crippen LogP) is 4.51. The minimum Gasteiger partial charge on any atom is -0.478 e. The predicted molar refractivity (Wildman–Crippen MR) is 105 cm³/mol. The van der Waals surface area contributed by atoms with E-state index < -0.39 is 12.0 Å². The standard InChI is InChI=1S/C20H17Cl2NO3/c1-2-19(24)23-18(7-8-20(25)26)9-13-3-5-14(6-4-13)15-10-16(21)12-17(22)11-15/h2-8,10-12,18H,1,9H2,(H,23,24)(H,25,26)/b8-7+/t18-/m1/s1. The fraction of sp³-hybridized carbons (Fsp3) is 0.100. The lowest BCUT2D eigenvalue weighted by molar-refractivity contribution is -0.131. The van der Waals surface area contributed by atoms with E-state index in [0.717, 1.165) is 28.8 Å². The molecular weight excluding hydrogens is 373 g/mol. The highest BCUT2D eigenvalue weighted by molar-refractivity contribution is 6.35. The van der Waals surface area contributed by atoms with Crippen molar-refractivity contribution in [3.63, 3.8) is 0 Å². The molecule has 0 radical (unpaired) electrons. The van der Waals surface area contributed by atoms with E-state index in [1.807, 2.05) is 36.4 Å². The van der Waals surface area contributed by atoms with E-state index in [1.54, 1.807) is 6.07 Å². The Bertz CT molecular complexity index is 824. The molecule has 0 aliphatic rings. The Hall–Kier alpha value is -2.56. The van der Waals surface area contributed by atoms with Crippen LogP contribution in [0.5, 0.6) is 0 Å². The van der Waals surface area contributed by atoms with Gasteiger partial charge in [-0.1, -0.05) is 60.1 Å². The summed E-state index contributed by atoms with van der Waals surface area (Å²) in [5.74, 6) is -1.44. The number of hydrogen-bond donors (Lipinski definition) is 2. The number of carbonyl (C=O) groups excluding carboxylic acids is 1. The van der Waals surface area contributed by atoms with Gasteiger partial charge < -0.3 is 10.4 Å². The summed E-state index contributed by atoms with van der Waals surface area (Å²) in [6, 6.07) is 12.5. The third kappa shape index (κ3) is 6.06. The number of rotatable bonds is 7. The van der Waals surface area contributed by atoms with Crippen molar-refractivity contribution in [2.24, 2.45) is 0 Å². The molecule has 1 amide bonds. The Labute approximate surface area is 161 Å². The molecule has 26 heavy (non-hydrogen) atoms. The number of hydrogen-bond acceptors (Lipinski definition) is 2. The van der Waals surface area contributed by atoms with E-state index in [0.29, 0.717) is 16.5 Å². The van der Waals surface area contributed by atoms with E-state index in [-0.39, 0.29) is 5.91 Å². The number of carboxylic acids is 1. The molecular formula is C20H17Cl2NO3. The van der Waals surface area contributed by atoms with Gasteiger partial charge in [-0.25, -0.2) is 4.79 Å². The lowest BCUT2D eigenvalue weighted by Gasteiger charge is -2.14. The van der Waals surface area contributed by atoms with Gasteiger partial charge in [0.15, 0.2) is 0 Å². The highest BCUT2D eigenvalue weighted by Crippen LogP contribution is 2.27. The van der Waals surface area contributed by atoms with Crippen molar-refractivity contribution in [1.82, 2.24) is 5.32 Å². The van der Waals surface area contributed by atoms with E-state index in [2.05, 4.69) is 11.9 Å². The third-order valence-corrected chi connectivity index (χ3v) is 4.03. The fourth-order valence-electron chi connectivity index (χ4n) is 2.42. The summed E-state index contributed by atoms with van der Waals surface area (Å²) < 4.78 is 0. The number of nitrogens with one attached hydrogen (secondary N) is 1. The number of benzene rings is 2. The van der Waals surface area contributed by atoms with E-state index in [9.17, 15) is 9.59 Å². The number of carbonyl (C=O) groups is 2. The van der Waals surface area contributed by atoms with Crippen molar-refractivity contribution in [3.8, 4) is 11.1 Å². The van der Waals surface area contributed by atoms with E-state index in [4.69, 9.17) is 28.3 Å². The van der Waals surface area contributed by atoms with Crippen LogP contribution in [0.15, 0.2) is 67.3 Å². The minimum absolute atomic E-state index is 0.366. The molecule has 0 fully saturated rings. The highest BCUT2D eigenvalue weighted by Gasteiger charge is 2.10. The quantitative estimate of drug-likeness (QED) is 0.684.